The molecule has 1 saturated heterocycles. The van der Waals surface area contributed by atoms with Gasteiger partial charge in [0.1, 0.15) is 0 Å². The van der Waals surface area contributed by atoms with Crippen LogP contribution in [0.2, 0.25) is 0 Å². The lowest BCUT2D eigenvalue weighted by Gasteiger charge is -2.36. The average Bonchev–Trinajstić information content (AvgIpc) is 2.38. The molecule has 1 fully saturated rings. The van der Waals surface area contributed by atoms with Crippen LogP contribution in [0, 0.1) is 0 Å². The second kappa shape index (κ2) is 8.22. The van der Waals surface area contributed by atoms with Crippen LogP contribution >= 0.6 is 0 Å². The van der Waals surface area contributed by atoms with E-state index >= 15 is 0 Å². The number of rotatable bonds is 5. The fourth-order valence-electron chi connectivity index (χ4n) is 2.75. The number of piperazine rings is 1. The van der Waals surface area contributed by atoms with Gasteiger partial charge in [-0.1, -0.05) is 0 Å². The molecule has 0 aromatic rings. The summed E-state index contributed by atoms with van der Waals surface area (Å²) < 4.78 is 4.99. The molecule has 21 heavy (non-hydrogen) atoms. The summed E-state index contributed by atoms with van der Waals surface area (Å²) in [5.41, 5.74) is 0. The fourth-order valence-corrected chi connectivity index (χ4v) is 2.75. The molecule has 6 nitrogen and oxygen atoms in total. The Morgan fingerprint density at radius 2 is 1.57 bits per heavy atom. The quantitative estimate of drug-likeness (QED) is 0.770. The molecule has 0 aliphatic carbocycles. The highest BCUT2D eigenvalue weighted by Crippen LogP contribution is 2.09. The monoisotopic (exact) mass is 299 g/mol. The first kappa shape index (κ1) is 17.8. The molecular weight excluding hydrogens is 270 g/mol. The summed E-state index contributed by atoms with van der Waals surface area (Å²) in [5.74, 6) is 0.157. The Bertz CT molecular complexity index is 342. The Balaban J connectivity index is 2.45. The lowest BCUT2D eigenvalue weighted by molar-refractivity contribution is -0.136. The Hall–Kier alpha value is -1.30. The van der Waals surface area contributed by atoms with Crippen molar-refractivity contribution in [2.24, 2.45) is 0 Å². The molecule has 6 heteroatoms. The summed E-state index contributed by atoms with van der Waals surface area (Å²) >= 11 is 0. The van der Waals surface area contributed by atoms with E-state index in [0.29, 0.717) is 39.3 Å². The predicted octanol–water partition coefficient (Wildman–Crippen LogP) is 1.41. The van der Waals surface area contributed by atoms with Gasteiger partial charge in [-0.05, 0) is 34.6 Å². The van der Waals surface area contributed by atoms with E-state index in [4.69, 9.17) is 4.74 Å². The number of carbonyl (C=O) groups excluding carboxylic acids is 2. The molecule has 0 radical (unpaired) electrons. The summed E-state index contributed by atoms with van der Waals surface area (Å²) in [7, 11) is 0. The molecule has 2 amide bonds. The molecule has 0 saturated carbocycles. The van der Waals surface area contributed by atoms with Gasteiger partial charge in [-0.25, -0.2) is 4.79 Å². The Morgan fingerprint density at radius 3 is 2.00 bits per heavy atom. The number of carbonyl (C=O) groups is 2. The van der Waals surface area contributed by atoms with Crippen LogP contribution in [0.25, 0.3) is 0 Å². The lowest BCUT2D eigenvalue weighted by atomic mass is 10.2. The molecular formula is C15H29N3O3. The third-order valence-electron chi connectivity index (χ3n) is 3.66. The van der Waals surface area contributed by atoms with E-state index in [9.17, 15) is 9.59 Å². The molecule has 0 unspecified atom stereocenters. The van der Waals surface area contributed by atoms with Crippen molar-refractivity contribution in [3.8, 4) is 0 Å². The Morgan fingerprint density at radius 1 is 1.05 bits per heavy atom. The van der Waals surface area contributed by atoms with Gasteiger partial charge >= 0.3 is 6.09 Å². The maximum absolute atomic E-state index is 12.4. The zero-order chi connectivity index (χ0) is 16.0. The van der Waals surface area contributed by atoms with Crippen molar-refractivity contribution in [3.63, 3.8) is 0 Å². The molecule has 1 aliphatic heterocycles. The summed E-state index contributed by atoms with van der Waals surface area (Å²) in [5, 5.41) is 0. The minimum absolute atomic E-state index is 0.157. The van der Waals surface area contributed by atoms with Crippen LogP contribution in [-0.2, 0) is 9.53 Å². The molecule has 0 aromatic heterocycles. The highest BCUT2D eigenvalue weighted by Gasteiger charge is 2.26. The van der Waals surface area contributed by atoms with Gasteiger partial charge in [0.05, 0.1) is 13.2 Å². The van der Waals surface area contributed by atoms with Crippen LogP contribution < -0.4 is 0 Å². The Kier molecular flexibility index (Phi) is 6.95. The second-order valence-corrected chi connectivity index (χ2v) is 5.95. The molecule has 0 N–H and O–H groups in total. The minimum atomic E-state index is -0.255. The molecule has 0 spiro atoms. The zero-order valence-electron chi connectivity index (χ0n) is 14.0. The van der Waals surface area contributed by atoms with E-state index in [-0.39, 0.29) is 24.1 Å². The summed E-state index contributed by atoms with van der Waals surface area (Å²) in [6.07, 6.45) is -0.255. The highest BCUT2D eigenvalue weighted by atomic mass is 16.6. The van der Waals surface area contributed by atoms with Gasteiger partial charge in [0.2, 0.25) is 5.91 Å². The van der Waals surface area contributed by atoms with Gasteiger partial charge in [0.15, 0.2) is 0 Å². The fraction of sp³-hybridized carbons (Fsp3) is 0.867. The van der Waals surface area contributed by atoms with E-state index in [1.165, 1.54) is 0 Å². The van der Waals surface area contributed by atoms with Crippen molar-refractivity contribution in [1.82, 2.24) is 14.7 Å². The van der Waals surface area contributed by atoms with Crippen molar-refractivity contribution < 1.29 is 14.3 Å². The molecule has 0 bridgehead atoms. The molecule has 1 aliphatic rings. The standard InChI is InChI=1S/C15H29N3O3/c1-6-21-15(20)17-9-7-16(8-10-17)11-14(19)18(12(2)3)13(4)5/h12-13H,6-11H2,1-5H3. The van der Waals surface area contributed by atoms with E-state index in [1.54, 1.807) is 11.8 Å². The molecule has 0 atom stereocenters. The topological polar surface area (TPSA) is 53.1 Å². The number of ether oxygens (including phenoxy) is 1. The van der Waals surface area contributed by atoms with Crippen LogP contribution in [0.3, 0.4) is 0 Å². The maximum Gasteiger partial charge on any atom is 0.409 e. The van der Waals surface area contributed by atoms with Gasteiger partial charge in [0.25, 0.3) is 0 Å². The van der Waals surface area contributed by atoms with Crippen LogP contribution in [0.15, 0.2) is 0 Å². The SMILES string of the molecule is CCOC(=O)N1CCN(CC(=O)N(C(C)C)C(C)C)CC1. The molecule has 0 aromatic carbocycles. The first-order valence-electron chi connectivity index (χ1n) is 7.82. The number of hydrogen-bond donors (Lipinski definition) is 0. The normalized spacial score (nSPS) is 16.4. The van der Waals surface area contributed by atoms with Crippen molar-refractivity contribution in [2.45, 2.75) is 46.7 Å². The predicted molar refractivity (Wildman–Crippen MR) is 82.2 cm³/mol. The minimum Gasteiger partial charge on any atom is -0.450 e. The van der Waals surface area contributed by atoms with Gasteiger partial charge in [-0.3, -0.25) is 9.69 Å². The largest absolute Gasteiger partial charge is 0.450 e. The second-order valence-electron chi connectivity index (χ2n) is 5.95. The van der Waals surface area contributed by atoms with Gasteiger partial charge < -0.3 is 14.5 Å². The first-order chi connectivity index (χ1) is 9.86. The van der Waals surface area contributed by atoms with Crippen molar-refractivity contribution >= 4 is 12.0 Å². The highest BCUT2D eigenvalue weighted by molar-refractivity contribution is 5.79. The number of hydrogen-bond acceptors (Lipinski definition) is 4. The van der Waals surface area contributed by atoms with Crippen LogP contribution in [0.5, 0.6) is 0 Å². The van der Waals surface area contributed by atoms with Gasteiger partial charge in [-0.15, -0.1) is 0 Å². The zero-order valence-corrected chi connectivity index (χ0v) is 14.0. The third-order valence-corrected chi connectivity index (χ3v) is 3.66. The summed E-state index contributed by atoms with van der Waals surface area (Å²) in [4.78, 5) is 29.7. The molecule has 1 rings (SSSR count). The van der Waals surface area contributed by atoms with Crippen LogP contribution in [0.4, 0.5) is 4.79 Å². The van der Waals surface area contributed by atoms with Crippen molar-refractivity contribution in [3.05, 3.63) is 0 Å². The van der Waals surface area contributed by atoms with Crippen molar-refractivity contribution in [2.75, 3.05) is 39.3 Å². The van der Waals surface area contributed by atoms with Gasteiger partial charge in [0, 0.05) is 38.3 Å². The Labute approximate surface area is 128 Å². The third kappa shape index (κ3) is 5.19. The molecule has 122 valence electrons. The summed E-state index contributed by atoms with van der Waals surface area (Å²) in [6.45, 7) is 13.5. The van der Waals surface area contributed by atoms with E-state index in [0.717, 1.165) is 0 Å². The van der Waals surface area contributed by atoms with E-state index < -0.39 is 0 Å². The molecule has 1 heterocycles. The average molecular weight is 299 g/mol. The van der Waals surface area contributed by atoms with Crippen LogP contribution in [-0.4, -0.2) is 78.1 Å². The number of amides is 2. The van der Waals surface area contributed by atoms with E-state index in [2.05, 4.69) is 4.90 Å². The van der Waals surface area contributed by atoms with Crippen molar-refractivity contribution in [1.29, 1.82) is 0 Å². The first-order valence-corrected chi connectivity index (χ1v) is 7.82. The van der Waals surface area contributed by atoms with Crippen LogP contribution in [0.1, 0.15) is 34.6 Å². The lowest BCUT2D eigenvalue weighted by Crippen LogP contribution is -2.53. The smallest absolute Gasteiger partial charge is 0.409 e. The maximum atomic E-state index is 12.4. The van der Waals surface area contributed by atoms with E-state index in [1.807, 2.05) is 32.6 Å². The summed E-state index contributed by atoms with van der Waals surface area (Å²) in [6, 6.07) is 0.414. The number of nitrogens with zero attached hydrogens (tertiary/aromatic N) is 3. The van der Waals surface area contributed by atoms with Gasteiger partial charge in [-0.2, -0.15) is 0 Å².